The monoisotopic (exact) mass is 395 g/mol. The SMILES string of the molecule is CCOC(=O)N1CCN(c2nccc(Nc3ccc(Cl)c(Cl)c3)n2)CC1. The van der Waals surface area contributed by atoms with Gasteiger partial charge in [-0.2, -0.15) is 4.98 Å². The Labute approximate surface area is 161 Å². The van der Waals surface area contributed by atoms with Gasteiger partial charge in [-0.05, 0) is 31.2 Å². The highest BCUT2D eigenvalue weighted by molar-refractivity contribution is 6.42. The lowest BCUT2D eigenvalue weighted by Crippen LogP contribution is -2.49. The number of aromatic nitrogens is 2. The molecule has 0 bridgehead atoms. The van der Waals surface area contributed by atoms with Gasteiger partial charge in [-0.1, -0.05) is 23.2 Å². The summed E-state index contributed by atoms with van der Waals surface area (Å²) in [6, 6.07) is 7.07. The van der Waals surface area contributed by atoms with Crippen LogP contribution in [-0.2, 0) is 4.74 Å². The first-order valence-electron chi connectivity index (χ1n) is 8.28. The Morgan fingerprint density at radius 1 is 1.19 bits per heavy atom. The number of hydrogen-bond donors (Lipinski definition) is 1. The topological polar surface area (TPSA) is 70.6 Å². The van der Waals surface area contributed by atoms with Crippen molar-refractivity contribution in [2.75, 3.05) is 43.0 Å². The van der Waals surface area contributed by atoms with Crippen LogP contribution in [0.15, 0.2) is 30.5 Å². The molecule has 9 heteroatoms. The molecule has 138 valence electrons. The fourth-order valence-corrected chi connectivity index (χ4v) is 2.89. The summed E-state index contributed by atoms with van der Waals surface area (Å²) in [4.78, 5) is 24.4. The molecule has 1 saturated heterocycles. The van der Waals surface area contributed by atoms with Crippen molar-refractivity contribution in [3.05, 3.63) is 40.5 Å². The molecule has 1 aromatic heterocycles. The van der Waals surface area contributed by atoms with E-state index >= 15 is 0 Å². The van der Waals surface area contributed by atoms with Crippen LogP contribution in [0.4, 0.5) is 22.2 Å². The molecule has 1 fully saturated rings. The van der Waals surface area contributed by atoms with Crippen LogP contribution in [0, 0.1) is 0 Å². The van der Waals surface area contributed by atoms with Crippen molar-refractivity contribution in [2.24, 2.45) is 0 Å². The molecule has 1 amide bonds. The lowest BCUT2D eigenvalue weighted by atomic mass is 10.3. The molecule has 1 N–H and O–H groups in total. The summed E-state index contributed by atoms with van der Waals surface area (Å²) in [6.45, 7) is 4.63. The number of ether oxygens (including phenoxy) is 1. The van der Waals surface area contributed by atoms with E-state index in [4.69, 9.17) is 27.9 Å². The van der Waals surface area contributed by atoms with Crippen LogP contribution in [0.2, 0.25) is 10.0 Å². The van der Waals surface area contributed by atoms with E-state index in [0.29, 0.717) is 54.6 Å². The number of carbonyl (C=O) groups is 1. The van der Waals surface area contributed by atoms with E-state index < -0.39 is 0 Å². The van der Waals surface area contributed by atoms with Crippen molar-refractivity contribution in [1.29, 1.82) is 0 Å². The van der Waals surface area contributed by atoms with Crippen molar-refractivity contribution in [3.63, 3.8) is 0 Å². The molecule has 0 aliphatic carbocycles. The molecule has 1 aliphatic rings. The molecule has 2 aromatic rings. The maximum atomic E-state index is 11.8. The Bertz CT molecular complexity index is 781. The number of nitrogens with one attached hydrogen (secondary N) is 1. The third-order valence-electron chi connectivity index (χ3n) is 3.92. The third kappa shape index (κ3) is 4.47. The number of hydrogen-bond acceptors (Lipinski definition) is 6. The number of halogens is 2. The summed E-state index contributed by atoms with van der Waals surface area (Å²) < 4.78 is 5.03. The first-order valence-corrected chi connectivity index (χ1v) is 9.04. The van der Waals surface area contributed by atoms with Crippen LogP contribution in [-0.4, -0.2) is 53.7 Å². The fraction of sp³-hybridized carbons (Fsp3) is 0.353. The van der Waals surface area contributed by atoms with Crippen molar-refractivity contribution in [2.45, 2.75) is 6.92 Å². The standard InChI is InChI=1S/C17H19Cl2N5O2/c1-2-26-17(25)24-9-7-23(8-10-24)16-20-6-5-15(22-16)21-12-3-4-13(18)14(19)11-12/h3-6,11H,2,7-10H2,1H3,(H,20,21,22). The Morgan fingerprint density at radius 2 is 1.96 bits per heavy atom. The fourth-order valence-electron chi connectivity index (χ4n) is 2.60. The van der Waals surface area contributed by atoms with E-state index in [0.717, 1.165) is 5.69 Å². The van der Waals surface area contributed by atoms with E-state index in [1.165, 1.54) is 0 Å². The zero-order valence-electron chi connectivity index (χ0n) is 14.3. The predicted molar refractivity (Wildman–Crippen MR) is 103 cm³/mol. The second kappa shape index (κ2) is 8.42. The summed E-state index contributed by atoms with van der Waals surface area (Å²) in [6.07, 6.45) is 1.42. The van der Waals surface area contributed by atoms with Crippen molar-refractivity contribution < 1.29 is 9.53 Å². The number of rotatable bonds is 4. The van der Waals surface area contributed by atoms with Crippen molar-refractivity contribution >= 4 is 46.7 Å². The quantitative estimate of drug-likeness (QED) is 0.848. The van der Waals surface area contributed by atoms with Crippen LogP contribution in [0.25, 0.3) is 0 Å². The van der Waals surface area contributed by atoms with Gasteiger partial charge in [0.05, 0.1) is 16.7 Å². The molecule has 7 nitrogen and oxygen atoms in total. The molecular formula is C17H19Cl2N5O2. The minimum Gasteiger partial charge on any atom is -0.450 e. The third-order valence-corrected chi connectivity index (χ3v) is 4.66. The van der Waals surface area contributed by atoms with Gasteiger partial charge in [0, 0.05) is 38.1 Å². The number of piperazine rings is 1. The number of amides is 1. The largest absolute Gasteiger partial charge is 0.450 e. The van der Waals surface area contributed by atoms with E-state index in [1.54, 1.807) is 36.2 Å². The van der Waals surface area contributed by atoms with Crippen LogP contribution in [0.3, 0.4) is 0 Å². The van der Waals surface area contributed by atoms with Gasteiger partial charge >= 0.3 is 6.09 Å². The molecule has 1 aromatic carbocycles. The van der Waals surface area contributed by atoms with Gasteiger partial charge in [0.1, 0.15) is 5.82 Å². The number of nitrogens with zero attached hydrogens (tertiary/aromatic N) is 4. The van der Waals surface area contributed by atoms with Gasteiger partial charge in [0.15, 0.2) is 0 Å². The lowest BCUT2D eigenvalue weighted by molar-refractivity contribution is 0.105. The molecule has 2 heterocycles. The van der Waals surface area contributed by atoms with Gasteiger partial charge < -0.3 is 19.9 Å². The van der Waals surface area contributed by atoms with Gasteiger partial charge in [0.25, 0.3) is 0 Å². The van der Waals surface area contributed by atoms with Crippen LogP contribution in [0.5, 0.6) is 0 Å². The molecule has 3 rings (SSSR count). The number of anilines is 3. The van der Waals surface area contributed by atoms with Gasteiger partial charge in [-0.25, -0.2) is 9.78 Å². The van der Waals surface area contributed by atoms with Crippen molar-refractivity contribution in [3.8, 4) is 0 Å². The molecule has 0 spiro atoms. The minimum atomic E-state index is -0.275. The average Bonchev–Trinajstić information content (AvgIpc) is 2.65. The van der Waals surface area contributed by atoms with Gasteiger partial charge in [-0.15, -0.1) is 0 Å². The number of benzene rings is 1. The van der Waals surface area contributed by atoms with E-state index in [9.17, 15) is 4.79 Å². The molecule has 26 heavy (non-hydrogen) atoms. The molecule has 0 unspecified atom stereocenters. The summed E-state index contributed by atoms with van der Waals surface area (Å²) >= 11 is 12.0. The van der Waals surface area contributed by atoms with Crippen LogP contribution >= 0.6 is 23.2 Å². The highest BCUT2D eigenvalue weighted by Gasteiger charge is 2.23. The highest BCUT2D eigenvalue weighted by Crippen LogP contribution is 2.26. The minimum absolute atomic E-state index is 0.275. The zero-order chi connectivity index (χ0) is 18.5. The maximum Gasteiger partial charge on any atom is 0.409 e. The van der Waals surface area contributed by atoms with E-state index in [-0.39, 0.29) is 6.09 Å². The summed E-state index contributed by atoms with van der Waals surface area (Å²) in [7, 11) is 0. The predicted octanol–water partition coefficient (Wildman–Crippen LogP) is 3.81. The Balaban J connectivity index is 1.64. The van der Waals surface area contributed by atoms with E-state index in [2.05, 4.69) is 15.3 Å². The summed E-state index contributed by atoms with van der Waals surface area (Å²) in [5.74, 6) is 1.26. The lowest BCUT2D eigenvalue weighted by Gasteiger charge is -2.34. The normalized spacial score (nSPS) is 14.3. The second-order valence-electron chi connectivity index (χ2n) is 5.67. The Hall–Kier alpha value is -2.25. The van der Waals surface area contributed by atoms with Gasteiger partial charge in [0.2, 0.25) is 5.95 Å². The van der Waals surface area contributed by atoms with Crippen molar-refractivity contribution in [1.82, 2.24) is 14.9 Å². The molecule has 0 atom stereocenters. The van der Waals surface area contributed by atoms with Crippen LogP contribution < -0.4 is 10.2 Å². The second-order valence-corrected chi connectivity index (χ2v) is 6.48. The van der Waals surface area contributed by atoms with Crippen LogP contribution in [0.1, 0.15) is 6.92 Å². The molecule has 0 saturated carbocycles. The highest BCUT2D eigenvalue weighted by atomic mass is 35.5. The Morgan fingerprint density at radius 3 is 2.65 bits per heavy atom. The van der Waals surface area contributed by atoms with E-state index in [1.807, 2.05) is 11.0 Å². The maximum absolute atomic E-state index is 11.8. The number of carbonyl (C=O) groups excluding carboxylic acids is 1. The average molecular weight is 396 g/mol. The first kappa shape index (κ1) is 18.5. The molecular weight excluding hydrogens is 377 g/mol. The zero-order valence-corrected chi connectivity index (χ0v) is 15.8. The summed E-state index contributed by atoms with van der Waals surface area (Å²) in [5.41, 5.74) is 0.788. The first-order chi connectivity index (χ1) is 12.6. The van der Waals surface area contributed by atoms with Gasteiger partial charge in [-0.3, -0.25) is 0 Å². The smallest absolute Gasteiger partial charge is 0.409 e. The molecule has 0 radical (unpaired) electrons. The molecule has 1 aliphatic heterocycles. The summed E-state index contributed by atoms with van der Waals surface area (Å²) in [5, 5.41) is 4.16. The Kier molecular flexibility index (Phi) is 6.00.